The van der Waals surface area contributed by atoms with Crippen LogP contribution in [0.25, 0.3) is 0 Å². The van der Waals surface area contributed by atoms with Crippen LogP contribution in [0.4, 0.5) is 0 Å². The molecule has 3 rings (SSSR count). The van der Waals surface area contributed by atoms with Gasteiger partial charge in [0, 0.05) is 39.4 Å². The van der Waals surface area contributed by atoms with Crippen LogP contribution < -0.4 is 0 Å². The first-order chi connectivity index (χ1) is 11.8. The zero-order chi connectivity index (χ0) is 18.2. The summed E-state index contributed by atoms with van der Waals surface area (Å²) in [5.74, 6) is -0.175. The average Bonchev–Trinajstić information content (AvgIpc) is 2.87. The Morgan fingerprint density at radius 2 is 1.80 bits per heavy atom. The van der Waals surface area contributed by atoms with E-state index < -0.39 is 10.0 Å². The smallest absolute Gasteiger partial charge is 0.272 e. The second-order valence-corrected chi connectivity index (χ2v) is 7.91. The summed E-state index contributed by atoms with van der Waals surface area (Å²) in [6.07, 6.45) is 1.57. The molecule has 134 valence electrons. The van der Waals surface area contributed by atoms with Gasteiger partial charge in [-0.05, 0) is 26.0 Å². The predicted octanol–water partition coefficient (Wildman–Crippen LogP) is 0.579. The third-order valence-electron chi connectivity index (χ3n) is 4.45. The Hall–Kier alpha value is -2.26. The molecule has 3 heterocycles. The minimum atomic E-state index is -3.62. The summed E-state index contributed by atoms with van der Waals surface area (Å²) in [6, 6.07) is 5.17. The first-order valence-electron chi connectivity index (χ1n) is 8.03. The number of nitrogens with zero attached hydrogens (tertiary/aromatic N) is 5. The predicted molar refractivity (Wildman–Crippen MR) is 91.6 cm³/mol. The van der Waals surface area contributed by atoms with Gasteiger partial charge in [-0.1, -0.05) is 6.07 Å². The summed E-state index contributed by atoms with van der Waals surface area (Å²) in [5.41, 5.74) is 1.48. The van der Waals surface area contributed by atoms with Crippen molar-refractivity contribution in [3.8, 4) is 0 Å². The molecule has 1 aliphatic heterocycles. The van der Waals surface area contributed by atoms with E-state index in [1.165, 1.54) is 4.31 Å². The third-order valence-corrected chi connectivity index (χ3v) is 6.60. The molecule has 0 bridgehead atoms. The monoisotopic (exact) mass is 363 g/mol. The second-order valence-electron chi connectivity index (χ2n) is 6.03. The molecular weight excluding hydrogens is 342 g/mol. The molecule has 0 saturated carbocycles. The van der Waals surface area contributed by atoms with Gasteiger partial charge in [-0.3, -0.25) is 14.5 Å². The number of rotatable bonds is 3. The molecule has 1 amide bonds. The van der Waals surface area contributed by atoms with E-state index in [0.717, 1.165) is 0 Å². The average molecular weight is 363 g/mol. The zero-order valence-electron chi connectivity index (χ0n) is 14.5. The summed E-state index contributed by atoms with van der Waals surface area (Å²) >= 11 is 0. The topological polar surface area (TPSA) is 88.4 Å². The fourth-order valence-corrected chi connectivity index (χ4v) is 4.86. The summed E-state index contributed by atoms with van der Waals surface area (Å²) in [7, 11) is -1.89. The van der Waals surface area contributed by atoms with Crippen LogP contribution in [0.1, 0.15) is 21.9 Å². The molecule has 2 aromatic heterocycles. The van der Waals surface area contributed by atoms with Gasteiger partial charge >= 0.3 is 0 Å². The number of pyridine rings is 1. The van der Waals surface area contributed by atoms with Gasteiger partial charge in [-0.25, -0.2) is 8.42 Å². The van der Waals surface area contributed by atoms with Crippen molar-refractivity contribution in [1.29, 1.82) is 0 Å². The number of carbonyl (C=O) groups is 1. The molecule has 25 heavy (non-hydrogen) atoms. The lowest BCUT2D eigenvalue weighted by Crippen LogP contribution is -2.50. The van der Waals surface area contributed by atoms with Crippen molar-refractivity contribution in [2.75, 3.05) is 26.2 Å². The van der Waals surface area contributed by atoms with Crippen LogP contribution >= 0.6 is 0 Å². The van der Waals surface area contributed by atoms with Gasteiger partial charge < -0.3 is 4.90 Å². The van der Waals surface area contributed by atoms with E-state index in [0.29, 0.717) is 30.2 Å². The van der Waals surface area contributed by atoms with Crippen molar-refractivity contribution >= 4 is 15.9 Å². The molecule has 0 atom stereocenters. The van der Waals surface area contributed by atoms with Gasteiger partial charge in [0.25, 0.3) is 5.91 Å². The van der Waals surface area contributed by atoms with Gasteiger partial charge in [0.15, 0.2) is 0 Å². The van der Waals surface area contributed by atoms with E-state index in [4.69, 9.17) is 0 Å². The van der Waals surface area contributed by atoms with Crippen LogP contribution in [-0.2, 0) is 17.1 Å². The molecule has 1 saturated heterocycles. The quantitative estimate of drug-likeness (QED) is 0.796. The standard InChI is InChI=1S/C16H21N5O3S/c1-12-15(13(2)19(3)18-12)25(23,24)21-10-8-20(9-11-21)16(22)14-6-4-5-7-17-14/h4-7H,8-11H2,1-3H3. The Morgan fingerprint density at radius 1 is 1.12 bits per heavy atom. The van der Waals surface area contributed by atoms with Crippen molar-refractivity contribution in [3.63, 3.8) is 0 Å². The summed E-state index contributed by atoms with van der Waals surface area (Å²) in [4.78, 5) is 18.4. The first kappa shape index (κ1) is 17.6. The van der Waals surface area contributed by atoms with E-state index in [9.17, 15) is 13.2 Å². The molecule has 0 radical (unpaired) electrons. The van der Waals surface area contributed by atoms with E-state index in [-0.39, 0.29) is 23.9 Å². The number of hydrogen-bond acceptors (Lipinski definition) is 5. The fourth-order valence-electron chi connectivity index (χ4n) is 3.04. The molecule has 0 spiro atoms. The van der Waals surface area contributed by atoms with Gasteiger partial charge in [0.05, 0.1) is 11.4 Å². The van der Waals surface area contributed by atoms with Crippen LogP contribution in [-0.4, -0.2) is 64.5 Å². The lowest BCUT2D eigenvalue weighted by Gasteiger charge is -2.33. The lowest BCUT2D eigenvalue weighted by molar-refractivity contribution is 0.0692. The maximum Gasteiger partial charge on any atom is 0.272 e. The molecule has 0 aromatic carbocycles. The van der Waals surface area contributed by atoms with Crippen LogP contribution in [0.2, 0.25) is 0 Å². The number of hydrogen-bond donors (Lipinski definition) is 0. The molecule has 0 unspecified atom stereocenters. The molecule has 1 aliphatic rings. The molecule has 1 fully saturated rings. The molecule has 8 nitrogen and oxygen atoms in total. The number of piperazine rings is 1. The highest BCUT2D eigenvalue weighted by Gasteiger charge is 2.34. The molecule has 0 N–H and O–H groups in total. The minimum absolute atomic E-state index is 0.175. The first-order valence-corrected chi connectivity index (χ1v) is 9.47. The Kier molecular flexibility index (Phi) is 4.61. The molecule has 9 heteroatoms. The second kappa shape index (κ2) is 6.57. The van der Waals surface area contributed by atoms with Crippen molar-refractivity contribution in [2.45, 2.75) is 18.7 Å². The van der Waals surface area contributed by atoms with Crippen LogP contribution in [0.15, 0.2) is 29.3 Å². The highest BCUT2D eigenvalue weighted by atomic mass is 32.2. The molecule has 0 aliphatic carbocycles. The normalized spacial score (nSPS) is 16.2. The van der Waals surface area contributed by atoms with Gasteiger partial charge in [-0.15, -0.1) is 0 Å². The fraction of sp³-hybridized carbons (Fsp3) is 0.438. The lowest BCUT2D eigenvalue weighted by atomic mass is 10.3. The molecular formula is C16H21N5O3S. The van der Waals surface area contributed by atoms with Crippen molar-refractivity contribution in [3.05, 3.63) is 41.5 Å². The highest BCUT2D eigenvalue weighted by Crippen LogP contribution is 2.24. The minimum Gasteiger partial charge on any atom is -0.335 e. The maximum absolute atomic E-state index is 12.9. The third kappa shape index (κ3) is 3.16. The van der Waals surface area contributed by atoms with Gasteiger partial charge in [0.1, 0.15) is 10.6 Å². The molecule has 2 aromatic rings. The number of carbonyl (C=O) groups excluding carboxylic acids is 1. The van der Waals surface area contributed by atoms with Crippen LogP contribution in [0, 0.1) is 13.8 Å². The Bertz CT molecular complexity index is 884. The number of amides is 1. The van der Waals surface area contributed by atoms with E-state index in [1.54, 1.807) is 54.9 Å². The Balaban J connectivity index is 1.75. The van der Waals surface area contributed by atoms with Crippen molar-refractivity contribution in [2.24, 2.45) is 7.05 Å². The Labute approximate surface area is 147 Å². The number of aromatic nitrogens is 3. The van der Waals surface area contributed by atoms with Crippen molar-refractivity contribution in [1.82, 2.24) is 24.0 Å². The van der Waals surface area contributed by atoms with Gasteiger partial charge in [0.2, 0.25) is 10.0 Å². The van der Waals surface area contributed by atoms with Crippen LogP contribution in [0.5, 0.6) is 0 Å². The zero-order valence-corrected chi connectivity index (χ0v) is 15.3. The summed E-state index contributed by atoms with van der Waals surface area (Å²) < 4.78 is 28.9. The largest absolute Gasteiger partial charge is 0.335 e. The number of sulfonamides is 1. The Morgan fingerprint density at radius 3 is 2.32 bits per heavy atom. The summed E-state index contributed by atoms with van der Waals surface area (Å²) in [6.45, 7) is 4.64. The maximum atomic E-state index is 12.9. The van der Waals surface area contributed by atoms with Crippen LogP contribution in [0.3, 0.4) is 0 Å². The highest BCUT2D eigenvalue weighted by molar-refractivity contribution is 7.89. The van der Waals surface area contributed by atoms with E-state index in [1.807, 2.05) is 0 Å². The number of aryl methyl sites for hydroxylation is 2. The SMILES string of the molecule is Cc1nn(C)c(C)c1S(=O)(=O)N1CCN(C(=O)c2ccccn2)CC1. The van der Waals surface area contributed by atoms with E-state index >= 15 is 0 Å². The van der Waals surface area contributed by atoms with E-state index in [2.05, 4.69) is 10.1 Å². The van der Waals surface area contributed by atoms with Crippen molar-refractivity contribution < 1.29 is 13.2 Å². The van der Waals surface area contributed by atoms with Gasteiger partial charge in [-0.2, -0.15) is 9.40 Å². The summed E-state index contributed by atoms with van der Waals surface area (Å²) in [5, 5.41) is 4.19.